The molecule has 0 aliphatic rings. The molecular weight excluding hydrogens is 262 g/mol. The SMILES string of the molecule is CCCNC(=O)c1cncc(NC(C)c2ccccc2)c1. The van der Waals surface area contributed by atoms with Crippen molar-refractivity contribution < 1.29 is 4.79 Å². The predicted octanol–water partition coefficient (Wildman–Crippen LogP) is 3.39. The second-order valence-electron chi connectivity index (χ2n) is 4.99. The van der Waals surface area contributed by atoms with Gasteiger partial charge in [-0.3, -0.25) is 9.78 Å². The number of nitrogens with zero attached hydrogens (tertiary/aromatic N) is 1. The van der Waals surface area contributed by atoms with Crippen molar-refractivity contribution in [2.45, 2.75) is 26.3 Å². The minimum absolute atomic E-state index is 0.0830. The summed E-state index contributed by atoms with van der Waals surface area (Å²) >= 11 is 0. The van der Waals surface area contributed by atoms with Crippen molar-refractivity contribution in [3.8, 4) is 0 Å². The van der Waals surface area contributed by atoms with E-state index in [4.69, 9.17) is 0 Å². The number of amides is 1. The molecule has 4 nitrogen and oxygen atoms in total. The van der Waals surface area contributed by atoms with E-state index in [9.17, 15) is 4.79 Å². The van der Waals surface area contributed by atoms with E-state index in [1.165, 1.54) is 5.56 Å². The fourth-order valence-corrected chi connectivity index (χ4v) is 2.06. The first-order valence-electron chi connectivity index (χ1n) is 7.25. The number of carbonyl (C=O) groups excluding carboxylic acids is 1. The number of aromatic nitrogens is 1. The van der Waals surface area contributed by atoms with Crippen LogP contribution in [0.4, 0.5) is 5.69 Å². The topological polar surface area (TPSA) is 54.0 Å². The molecule has 1 heterocycles. The van der Waals surface area contributed by atoms with Crippen molar-refractivity contribution in [1.29, 1.82) is 0 Å². The average molecular weight is 283 g/mol. The second-order valence-corrected chi connectivity index (χ2v) is 4.99. The molecule has 21 heavy (non-hydrogen) atoms. The highest BCUT2D eigenvalue weighted by atomic mass is 16.1. The van der Waals surface area contributed by atoms with Crippen molar-refractivity contribution in [2.24, 2.45) is 0 Å². The molecule has 1 aromatic carbocycles. The average Bonchev–Trinajstić information content (AvgIpc) is 2.53. The molecule has 1 amide bonds. The Morgan fingerprint density at radius 3 is 2.71 bits per heavy atom. The quantitative estimate of drug-likeness (QED) is 0.854. The molecule has 0 bridgehead atoms. The van der Waals surface area contributed by atoms with Crippen molar-refractivity contribution in [1.82, 2.24) is 10.3 Å². The van der Waals surface area contributed by atoms with Gasteiger partial charge in [0, 0.05) is 25.0 Å². The summed E-state index contributed by atoms with van der Waals surface area (Å²) in [5.74, 6) is -0.0830. The molecule has 0 saturated heterocycles. The highest BCUT2D eigenvalue weighted by molar-refractivity contribution is 5.94. The van der Waals surface area contributed by atoms with Gasteiger partial charge in [-0.25, -0.2) is 0 Å². The van der Waals surface area contributed by atoms with E-state index in [1.54, 1.807) is 12.4 Å². The summed E-state index contributed by atoms with van der Waals surface area (Å²) in [6, 6.07) is 12.2. The molecule has 0 aliphatic carbocycles. The van der Waals surface area contributed by atoms with Crippen LogP contribution < -0.4 is 10.6 Å². The maximum absolute atomic E-state index is 11.9. The first kappa shape index (κ1) is 15.0. The zero-order valence-electron chi connectivity index (χ0n) is 12.5. The first-order chi connectivity index (χ1) is 10.2. The van der Waals surface area contributed by atoms with Crippen LogP contribution in [0.15, 0.2) is 48.8 Å². The van der Waals surface area contributed by atoms with Gasteiger partial charge in [0.15, 0.2) is 0 Å². The van der Waals surface area contributed by atoms with Crippen LogP contribution in [0.5, 0.6) is 0 Å². The second kappa shape index (κ2) is 7.43. The molecule has 0 saturated carbocycles. The molecule has 4 heteroatoms. The van der Waals surface area contributed by atoms with E-state index in [1.807, 2.05) is 31.2 Å². The van der Waals surface area contributed by atoms with Crippen LogP contribution in [-0.2, 0) is 0 Å². The summed E-state index contributed by atoms with van der Waals surface area (Å²) in [5, 5.41) is 6.22. The molecule has 0 aliphatic heterocycles. The van der Waals surface area contributed by atoms with Crippen LogP contribution in [0.2, 0.25) is 0 Å². The summed E-state index contributed by atoms with van der Waals surface area (Å²) in [7, 11) is 0. The highest BCUT2D eigenvalue weighted by Crippen LogP contribution is 2.18. The Balaban J connectivity index is 2.06. The lowest BCUT2D eigenvalue weighted by molar-refractivity contribution is 0.0953. The van der Waals surface area contributed by atoms with Crippen molar-refractivity contribution in [3.63, 3.8) is 0 Å². The van der Waals surface area contributed by atoms with Crippen molar-refractivity contribution in [2.75, 3.05) is 11.9 Å². The maximum Gasteiger partial charge on any atom is 0.252 e. The largest absolute Gasteiger partial charge is 0.377 e. The predicted molar refractivity (Wildman–Crippen MR) is 85.3 cm³/mol. The van der Waals surface area contributed by atoms with Crippen LogP contribution in [0.1, 0.15) is 42.2 Å². The third kappa shape index (κ3) is 4.31. The Bertz CT molecular complexity index is 584. The summed E-state index contributed by atoms with van der Waals surface area (Å²) in [5.41, 5.74) is 2.61. The molecular formula is C17H21N3O. The van der Waals surface area contributed by atoms with Gasteiger partial charge in [0.1, 0.15) is 0 Å². The first-order valence-corrected chi connectivity index (χ1v) is 7.25. The molecule has 0 spiro atoms. The lowest BCUT2D eigenvalue weighted by atomic mass is 10.1. The molecule has 0 fully saturated rings. The van der Waals surface area contributed by atoms with Crippen molar-refractivity contribution in [3.05, 3.63) is 59.9 Å². The van der Waals surface area contributed by atoms with Crippen LogP contribution in [0.25, 0.3) is 0 Å². The number of anilines is 1. The fraction of sp³-hybridized carbons (Fsp3) is 0.294. The number of carbonyl (C=O) groups is 1. The van der Waals surface area contributed by atoms with E-state index in [-0.39, 0.29) is 11.9 Å². The zero-order valence-corrected chi connectivity index (χ0v) is 12.5. The number of rotatable bonds is 6. The van der Waals surface area contributed by atoms with Gasteiger partial charge >= 0.3 is 0 Å². The zero-order chi connectivity index (χ0) is 15.1. The summed E-state index contributed by atoms with van der Waals surface area (Å²) in [4.78, 5) is 16.1. The van der Waals surface area contributed by atoms with E-state index >= 15 is 0 Å². The number of hydrogen-bond donors (Lipinski definition) is 2. The third-order valence-corrected chi connectivity index (χ3v) is 3.22. The summed E-state index contributed by atoms with van der Waals surface area (Å²) < 4.78 is 0. The van der Waals surface area contributed by atoms with Crippen LogP contribution >= 0.6 is 0 Å². The van der Waals surface area contributed by atoms with Gasteiger partial charge in [0.25, 0.3) is 5.91 Å². The van der Waals surface area contributed by atoms with E-state index in [0.29, 0.717) is 12.1 Å². The number of pyridine rings is 1. The summed E-state index contributed by atoms with van der Waals surface area (Å²) in [6.07, 6.45) is 4.24. The lowest BCUT2D eigenvalue weighted by Crippen LogP contribution is -2.24. The molecule has 1 unspecified atom stereocenters. The van der Waals surface area contributed by atoms with E-state index in [2.05, 4.69) is 34.7 Å². The molecule has 0 radical (unpaired) electrons. The van der Waals surface area contributed by atoms with Crippen LogP contribution in [0, 0.1) is 0 Å². The Kier molecular flexibility index (Phi) is 5.32. The van der Waals surface area contributed by atoms with Gasteiger partial charge in [-0.15, -0.1) is 0 Å². The van der Waals surface area contributed by atoms with Gasteiger partial charge in [0.05, 0.1) is 11.3 Å². The standard InChI is InChI=1S/C17H21N3O/c1-3-9-19-17(21)15-10-16(12-18-11-15)20-13(2)14-7-5-4-6-8-14/h4-8,10-13,20H,3,9H2,1-2H3,(H,19,21). The molecule has 1 atom stereocenters. The molecule has 2 rings (SSSR count). The minimum atomic E-state index is -0.0830. The van der Waals surface area contributed by atoms with Gasteiger partial charge in [0.2, 0.25) is 0 Å². The Morgan fingerprint density at radius 1 is 1.24 bits per heavy atom. The number of nitrogens with one attached hydrogen (secondary N) is 2. The summed E-state index contributed by atoms with van der Waals surface area (Å²) in [6.45, 7) is 4.79. The Hall–Kier alpha value is -2.36. The van der Waals surface area contributed by atoms with Gasteiger partial charge in [-0.1, -0.05) is 37.3 Å². The van der Waals surface area contributed by atoms with Crippen LogP contribution in [0.3, 0.4) is 0 Å². The lowest BCUT2D eigenvalue weighted by Gasteiger charge is -2.16. The van der Waals surface area contributed by atoms with Crippen molar-refractivity contribution >= 4 is 11.6 Å². The monoisotopic (exact) mass is 283 g/mol. The normalized spacial score (nSPS) is 11.7. The highest BCUT2D eigenvalue weighted by Gasteiger charge is 2.08. The minimum Gasteiger partial charge on any atom is -0.377 e. The smallest absolute Gasteiger partial charge is 0.252 e. The Labute approximate surface area is 125 Å². The van der Waals surface area contributed by atoms with Crippen LogP contribution in [-0.4, -0.2) is 17.4 Å². The third-order valence-electron chi connectivity index (χ3n) is 3.22. The van der Waals surface area contributed by atoms with Gasteiger partial charge < -0.3 is 10.6 Å². The molecule has 2 N–H and O–H groups in total. The molecule has 1 aromatic heterocycles. The molecule has 2 aromatic rings. The number of hydrogen-bond acceptors (Lipinski definition) is 3. The van der Waals surface area contributed by atoms with E-state index in [0.717, 1.165) is 12.1 Å². The van der Waals surface area contributed by atoms with Gasteiger partial charge in [-0.2, -0.15) is 0 Å². The number of benzene rings is 1. The Morgan fingerprint density at radius 2 is 2.00 bits per heavy atom. The molecule has 110 valence electrons. The maximum atomic E-state index is 11.9. The fourth-order valence-electron chi connectivity index (χ4n) is 2.06. The van der Waals surface area contributed by atoms with E-state index < -0.39 is 0 Å². The van der Waals surface area contributed by atoms with Gasteiger partial charge in [-0.05, 0) is 25.0 Å².